The molecule has 2 heterocycles. The van der Waals surface area contributed by atoms with Gasteiger partial charge in [0, 0.05) is 24.2 Å². The zero-order valence-corrected chi connectivity index (χ0v) is 14.6. The molecule has 4 rings (SSSR count). The lowest BCUT2D eigenvalue weighted by Gasteiger charge is -2.17. The fourth-order valence-electron chi connectivity index (χ4n) is 3.32. The molecule has 3 aromatic rings. The summed E-state index contributed by atoms with van der Waals surface area (Å²) < 4.78 is 13.2. The van der Waals surface area contributed by atoms with Crippen LogP contribution in [-0.4, -0.2) is 28.9 Å². The number of fused-ring (bicyclic) bond motifs is 1. The van der Waals surface area contributed by atoms with Crippen LogP contribution >= 0.6 is 0 Å². The lowest BCUT2D eigenvalue weighted by Crippen LogP contribution is -2.28. The van der Waals surface area contributed by atoms with E-state index >= 15 is 0 Å². The SMILES string of the molecule is Cc1ccc2nc(C(=O)N3CCCC3)cc(Nc3ccc(F)cc3)c2c1. The number of likely N-dealkylation sites (tertiary alicyclic amines) is 1. The fraction of sp³-hybridized carbons (Fsp3) is 0.238. The molecule has 0 saturated carbocycles. The van der Waals surface area contributed by atoms with Crippen molar-refractivity contribution in [3.8, 4) is 0 Å². The van der Waals surface area contributed by atoms with Gasteiger partial charge in [-0.05, 0) is 62.2 Å². The maximum Gasteiger partial charge on any atom is 0.272 e. The van der Waals surface area contributed by atoms with Crippen LogP contribution in [0.25, 0.3) is 10.9 Å². The molecule has 0 atom stereocenters. The smallest absolute Gasteiger partial charge is 0.272 e. The van der Waals surface area contributed by atoms with Crippen LogP contribution in [-0.2, 0) is 0 Å². The highest BCUT2D eigenvalue weighted by Gasteiger charge is 2.22. The summed E-state index contributed by atoms with van der Waals surface area (Å²) in [6.07, 6.45) is 2.08. The molecular weight excluding hydrogens is 329 g/mol. The van der Waals surface area contributed by atoms with Crippen molar-refractivity contribution in [3.05, 3.63) is 65.6 Å². The molecule has 4 nitrogen and oxygen atoms in total. The third kappa shape index (κ3) is 3.25. The predicted molar refractivity (Wildman–Crippen MR) is 101 cm³/mol. The zero-order chi connectivity index (χ0) is 18.1. The standard InChI is InChI=1S/C21H20FN3O/c1-14-4-9-18-17(12-14)19(23-16-7-5-15(22)6-8-16)13-20(24-18)21(26)25-10-2-3-11-25/h4-9,12-13H,2-3,10-11H2,1H3,(H,23,24). The van der Waals surface area contributed by atoms with E-state index in [4.69, 9.17) is 0 Å². The van der Waals surface area contributed by atoms with E-state index in [2.05, 4.69) is 10.3 Å². The lowest BCUT2D eigenvalue weighted by molar-refractivity contribution is 0.0787. The maximum atomic E-state index is 13.2. The number of aromatic nitrogens is 1. The number of carbonyl (C=O) groups is 1. The Morgan fingerprint density at radius 1 is 1.08 bits per heavy atom. The number of rotatable bonds is 3. The number of nitrogens with one attached hydrogen (secondary N) is 1. The number of aryl methyl sites for hydroxylation is 1. The first-order valence-electron chi connectivity index (χ1n) is 8.83. The molecule has 26 heavy (non-hydrogen) atoms. The Balaban J connectivity index is 1.78. The Bertz CT molecular complexity index is 963. The largest absolute Gasteiger partial charge is 0.355 e. The second-order valence-corrected chi connectivity index (χ2v) is 6.71. The number of pyridine rings is 1. The summed E-state index contributed by atoms with van der Waals surface area (Å²) in [5.41, 5.74) is 3.88. The van der Waals surface area contributed by atoms with E-state index in [1.54, 1.807) is 18.2 Å². The number of nitrogens with zero attached hydrogens (tertiary/aromatic N) is 2. The molecule has 1 saturated heterocycles. The zero-order valence-electron chi connectivity index (χ0n) is 14.6. The molecule has 5 heteroatoms. The summed E-state index contributed by atoms with van der Waals surface area (Å²) in [5.74, 6) is -0.317. The van der Waals surface area contributed by atoms with Crippen LogP contribution in [0.15, 0.2) is 48.5 Å². The van der Waals surface area contributed by atoms with E-state index in [9.17, 15) is 9.18 Å². The first-order chi connectivity index (χ1) is 12.6. The Morgan fingerprint density at radius 3 is 2.54 bits per heavy atom. The van der Waals surface area contributed by atoms with Crippen LogP contribution in [0.3, 0.4) is 0 Å². The molecule has 1 aliphatic heterocycles. The molecule has 0 aliphatic carbocycles. The van der Waals surface area contributed by atoms with Gasteiger partial charge in [-0.25, -0.2) is 9.37 Å². The molecule has 1 aliphatic rings. The van der Waals surface area contributed by atoms with Crippen LogP contribution in [0.1, 0.15) is 28.9 Å². The number of hydrogen-bond acceptors (Lipinski definition) is 3. The first-order valence-corrected chi connectivity index (χ1v) is 8.83. The highest BCUT2D eigenvalue weighted by Crippen LogP contribution is 2.28. The highest BCUT2D eigenvalue weighted by molar-refractivity contribution is 6.00. The van der Waals surface area contributed by atoms with E-state index in [0.717, 1.165) is 53.8 Å². The van der Waals surface area contributed by atoms with E-state index in [1.807, 2.05) is 30.0 Å². The van der Waals surface area contributed by atoms with Gasteiger partial charge in [0.2, 0.25) is 0 Å². The third-order valence-electron chi connectivity index (χ3n) is 4.70. The number of amides is 1. The highest BCUT2D eigenvalue weighted by atomic mass is 19.1. The van der Waals surface area contributed by atoms with Gasteiger partial charge < -0.3 is 10.2 Å². The maximum absolute atomic E-state index is 13.2. The lowest BCUT2D eigenvalue weighted by atomic mass is 10.1. The van der Waals surface area contributed by atoms with Gasteiger partial charge in [-0.3, -0.25) is 4.79 Å². The van der Waals surface area contributed by atoms with Crippen molar-refractivity contribution in [1.29, 1.82) is 0 Å². The monoisotopic (exact) mass is 349 g/mol. The summed E-state index contributed by atoms with van der Waals surface area (Å²) in [6, 6.07) is 13.9. The Hall–Kier alpha value is -2.95. The molecule has 0 bridgehead atoms. The summed E-state index contributed by atoms with van der Waals surface area (Å²) in [4.78, 5) is 19.2. The van der Waals surface area contributed by atoms with E-state index in [0.29, 0.717) is 5.69 Å². The average Bonchev–Trinajstić information content (AvgIpc) is 3.18. The number of anilines is 2. The van der Waals surface area contributed by atoms with Crippen molar-refractivity contribution in [1.82, 2.24) is 9.88 Å². The minimum absolute atomic E-state index is 0.0351. The summed E-state index contributed by atoms with van der Waals surface area (Å²) in [7, 11) is 0. The van der Waals surface area contributed by atoms with Gasteiger partial charge in [0.05, 0.1) is 11.2 Å². The first kappa shape index (κ1) is 16.5. The number of hydrogen-bond donors (Lipinski definition) is 1. The summed E-state index contributed by atoms with van der Waals surface area (Å²) in [5, 5.41) is 4.25. The van der Waals surface area contributed by atoms with Gasteiger partial charge in [0.15, 0.2) is 0 Å². The van der Waals surface area contributed by atoms with E-state index < -0.39 is 0 Å². The van der Waals surface area contributed by atoms with E-state index in [-0.39, 0.29) is 11.7 Å². The fourth-order valence-corrected chi connectivity index (χ4v) is 3.32. The molecular formula is C21H20FN3O. The van der Waals surface area contributed by atoms with Crippen LogP contribution in [0.2, 0.25) is 0 Å². The van der Waals surface area contributed by atoms with Crippen molar-refractivity contribution >= 4 is 28.2 Å². The van der Waals surface area contributed by atoms with Crippen molar-refractivity contribution in [3.63, 3.8) is 0 Å². The second kappa shape index (κ2) is 6.75. The number of carbonyl (C=O) groups excluding carboxylic acids is 1. The van der Waals surface area contributed by atoms with Gasteiger partial charge in [-0.2, -0.15) is 0 Å². The van der Waals surface area contributed by atoms with Crippen LogP contribution in [0, 0.1) is 12.7 Å². The van der Waals surface area contributed by atoms with Crippen molar-refractivity contribution in [2.45, 2.75) is 19.8 Å². The second-order valence-electron chi connectivity index (χ2n) is 6.71. The van der Waals surface area contributed by atoms with Gasteiger partial charge >= 0.3 is 0 Å². The molecule has 132 valence electrons. The molecule has 1 aromatic heterocycles. The Labute approximate surface area is 151 Å². The van der Waals surface area contributed by atoms with Crippen molar-refractivity contribution in [2.24, 2.45) is 0 Å². The van der Waals surface area contributed by atoms with Gasteiger partial charge in [0.1, 0.15) is 11.5 Å². The van der Waals surface area contributed by atoms with Crippen molar-refractivity contribution in [2.75, 3.05) is 18.4 Å². The molecule has 1 fully saturated rings. The van der Waals surface area contributed by atoms with Crippen LogP contribution < -0.4 is 5.32 Å². The molecule has 0 spiro atoms. The molecule has 1 N–H and O–H groups in total. The van der Waals surface area contributed by atoms with E-state index in [1.165, 1.54) is 12.1 Å². The molecule has 0 radical (unpaired) electrons. The van der Waals surface area contributed by atoms with Crippen LogP contribution in [0.5, 0.6) is 0 Å². The Morgan fingerprint density at radius 2 is 1.81 bits per heavy atom. The Kier molecular flexibility index (Phi) is 4.29. The molecule has 0 unspecified atom stereocenters. The van der Waals surface area contributed by atoms with Gasteiger partial charge in [-0.15, -0.1) is 0 Å². The molecule has 1 amide bonds. The van der Waals surface area contributed by atoms with Gasteiger partial charge in [-0.1, -0.05) is 11.6 Å². The number of benzene rings is 2. The topological polar surface area (TPSA) is 45.2 Å². The third-order valence-corrected chi connectivity index (χ3v) is 4.70. The summed E-state index contributed by atoms with van der Waals surface area (Å²) in [6.45, 7) is 3.59. The predicted octanol–water partition coefficient (Wildman–Crippen LogP) is 4.66. The van der Waals surface area contributed by atoms with Crippen LogP contribution in [0.4, 0.5) is 15.8 Å². The summed E-state index contributed by atoms with van der Waals surface area (Å²) >= 11 is 0. The normalized spacial score (nSPS) is 14.0. The average molecular weight is 349 g/mol. The molecule has 2 aromatic carbocycles. The quantitative estimate of drug-likeness (QED) is 0.748. The minimum Gasteiger partial charge on any atom is -0.355 e. The minimum atomic E-state index is -0.282. The van der Waals surface area contributed by atoms with Crippen molar-refractivity contribution < 1.29 is 9.18 Å². The van der Waals surface area contributed by atoms with Gasteiger partial charge in [0.25, 0.3) is 5.91 Å². The number of halogens is 1.